The number of nitrogens with two attached hydrogens (primary N) is 1. The molecule has 2 amide bonds. The van der Waals surface area contributed by atoms with Gasteiger partial charge in [0.25, 0.3) is 0 Å². The molecule has 1 atom stereocenters. The molecule has 1 aromatic rings. The summed E-state index contributed by atoms with van der Waals surface area (Å²) in [6.07, 6.45) is -3.00. The molecule has 0 aromatic heterocycles. The molecule has 1 aromatic carbocycles. The first-order valence-electron chi connectivity index (χ1n) is 7.92. The highest BCUT2D eigenvalue weighted by Crippen LogP contribution is 2.31. The van der Waals surface area contributed by atoms with Crippen LogP contribution in [0.4, 0.5) is 13.2 Å². The minimum atomic E-state index is -4.36. The molecule has 132 valence electrons. The van der Waals surface area contributed by atoms with Gasteiger partial charge in [0, 0.05) is 25.4 Å². The normalized spacial score (nSPS) is 17.6. The van der Waals surface area contributed by atoms with E-state index in [1.807, 2.05) is 6.92 Å². The SMILES string of the molecule is C[C@@H](CC(=O)N1CCC(C(N)=O)CC1)c1ccc(C(F)(F)F)cc1. The van der Waals surface area contributed by atoms with Crippen LogP contribution in [0.5, 0.6) is 0 Å². The number of rotatable bonds is 4. The third kappa shape index (κ3) is 4.49. The number of benzene rings is 1. The number of hydrogen-bond acceptors (Lipinski definition) is 2. The van der Waals surface area contributed by atoms with E-state index in [9.17, 15) is 22.8 Å². The zero-order valence-corrected chi connectivity index (χ0v) is 13.5. The number of likely N-dealkylation sites (tertiary alicyclic amines) is 1. The molecule has 7 heteroatoms. The second-order valence-corrected chi connectivity index (χ2v) is 6.28. The van der Waals surface area contributed by atoms with Crippen molar-refractivity contribution in [3.63, 3.8) is 0 Å². The number of carbonyl (C=O) groups excluding carboxylic acids is 2. The Balaban J connectivity index is 1.91. The van der Waals surface area contributed by atoms with Gasteiger partial charge in [-0.05, 0) is 36.5 Å². The fourth-order valence-corrected chi connectivity index (χ4v) is 2.92. The molecule has 1 saturated heterocycles. The Kier molecular flexibility index (Phi) is 5.51. The van der Waals surface area contributed by atoms with Crippen LogP contribution in [-0.2, 0) is 15.8 Å². The molecule has 2 rings (SSSR count). The number of amides is 2. The van der Waals surface area contributed by atoms with Crippen LogP contribution in [0, 0.1) is 5.92 Å². The average molecular weight is 342 g/mol. The molecular formula is C17H21F3N2O2. The Morgan fingerprint density at radius 1 is 1.21 bits per heavy atom. The maximum atomic E-state index is 12.6. The maximum absolute atomic E-state index is 12.6. The van der Waals surface area contributed by atoms with Crippen molar-refractivity contribution in [3.8, 4) is 0 Å². The van der Waals surface area contributed by atoms with E-state index < -0.39 is 11.7 Å². The van der Waals surface area contributed by atoms with Crippen LogP contribution in [0.3, 0.4) is 0 Å². The molecule has 1 aliphatic rings. The lowest BCUT2D eigenvalue weighted by Crippen LogP contribution is -2.42. The lowest BCUT2D eigenvalue weighted by molar-refractivity contribution is -0.137. The monoisotopic (exact) mass is 342 g/mol. The zero-order chi connectivity index (χ0) is 17.9. The first kappa shape index (κ1) is 18.3. The second kappa shape index (κ2) is 7.23. The Morgan fingerprint density at radius 3 is 2.21 bits per heavy atom. The van der Waals surface area contributed by atoms with E-state index in [-0.39, 0.29) is 30.1 Å². The summed E-state index contributed by atoms with van der Waals surface area (Å²) in [7, 11) is 0. The van der Waals surface area contributed by atoms with Crippen LogP contribution in [-0.4, -0.2) is 29.8 Å². The first-order valence-corrected chi connectivity index (χ1v) is 7.92. The molecule has 0 unspecified atom stereocenters. The largest absolute Gasteiger partial charge is 0.416 e. The molecule has 2 N–H and O–H groups in total. The average Bonchev–Trinajstić information content (AvgIpc) is 2.54. The van der Waals surface area contributed by atoms with E-state index in [1.165, 1.54) is 12.1 Å². The number of halogens is 3. The lowest BCUT2D eigenvalue weighted by Gasteiger charge is -2.31. The quantitative estimate of drug-likeness (QED) is 0.914. The highest BCUT2D eigenvalue weighted by atomic mass is 19.4. The Hall–Kier alpha value is -2.05. The summed E-state index contributed by atoms with van der Waals surface area (Å²) in [6, 6.07) is 4.91. The first-order chi connectivity index (χ1) is 11.2. The minimum absolute atomic E-state index is 0.0506. The number of nitrogens with zero attached hydrogens (tertiary/aromatic N) is 1. The van der Waals surface area contributed by atoms with Crippen molar-refractivity contribution in [2.45, 2.75) is 38.3 Å². The van der Waals surface area contributed by atoms with Gasteiger partial charge in [-0.2, -0.15) is 13.2 Å². The predicted molar refractivity (Wildman–Crippen MR) is 83.0 cm³/mol. The van der Waals surface area contributed by atoms with Crippen molar-refractivity contribution in [2.75, 3.05) is 13.1 Å². The van der Waals surface area contributed by atoms with Crippen LogP contribution in [0.1, 0.15) is 43.2 Å². The summed E-state index contributed by atoms with van der Waals surface area (Å²) in [4.78, 5) is 25.1. The third-order valence-electron chi connectivity index (χ3n) is 4.54. The number of alkyl halides is 3. The van der Waals surface area contributed by atoms with Gasteiger partial charge in [-0.15, -0.1) is 0 Å². The van der Waals surface area contributed by atoms with Crippen LogP contribution >= 0.6 is 0 Å². The predicted octanol–water partition coefficient (Wildman–Crippen LogP) is 2.92. The molecule has 0 bridgehead atoms. The maximum Gasteiger partial charge on any atom is 0.416 e. The summed E-state index contributed by atoms with van der Waals surface area (Å²) in [5.74, 6) is -0.736. The topological polar surface area (TPSA) is 63.4 Å². The summed E-state index contributed by atoms with van der Waals surface area (Å²) in [5.41, 5.74) is 5.27. The van der Waals surface area contributed by atoms with E-state index in [2.05, 4.69) is 0 Å². The van der Waals surface area contributed by atoms with Crippen molar-refractivity contribution in [1.29, 1.82) is 0 Å². The highest BCUT2D eigenvalue weighted by molar-refractivity contribution is 5.79. The molecule has 0 saturated carbocycles. The Morgan fingerprint density at radius 2 is 1.75 bits per heavy atom. The fourth-order valence-electron chi connectivity index (χ4n) is 2.92. The zero-order valence-electron chi connectivity index (χ0n) is 13.5. The molecule has 0 aliphatic carbocycles. The summed E-state index contributed by atoms with van der Waals surface area (Å²) >= 11 is 0. The molecular weight excluding hydrogens is 321 g/mol. The van der Waals surface area contributed by atoms with Crippen LogP contribution < -0.4 is 5.73 Å². The molecule has 4 nitrogen and oxygen atoms in total. The molecule has 1 aliphatic heterocycles. The number of primary amides is 1. The van der Waals surface area contributed by atoms with Gasteiger partial charge >= 0.3 is 6.18 Å². The lowest BCUT2D eigenvalue weighted by atomic mass is 9.93. The van der Waals surface area contributed by atoms with Gasteiger partial charge in [0.15, 0.2) is 0 Å². The highest BCUT2D eigenvalue weighted by Gasteiger charge is 2.30. The van der Waals surface area contributed by atoms with Crippen LogP contribution in [0.25, 0.3) is 0 Å². The van der Waals surface area contributed by atoms with Crippen molar-refractivity contribution < 1.29 is 22.8 Å². The Labute approximate surface area is 138 Å². The molecule has 0 radical (unpaired) electrons. The van der Waals surface area contributed by atoms with Crippen molar-refractivity contribution >= 4 is 11.8 Å². The fraction of sp³-hybridized carbons (Fsp3) is 0.529. The van der Waals surface area contributed by atoms with E-state index in [4.69, 9.17) is 5.73 Å². The van der Waals surface area contributed by atoms with Crippen LogP contribution in [0.2, 0.25) is 0 Å². The van der Waals surface area contributed by atoms with Gasteiger partial charge in [0.05, 0.1) is 5.56 Å². The van der Waals surface area contributed by atoms with E-state index >= 15 is 0 Å². The second-order valence-electron chi connectivity index (χ2n) is 6.28. The van der Waals surface area contributed by atoms with Gasteiger partial charge in [0.1, 0.15) is 0 Å². The molecule has 0 spiro atoms. The molecule has 1 heterocycles. The Bertz CT molecular complexity index is 591. The van der Waals surface area contributed by atoms with Gasteiger partial charge in [-0.25, -0.2) is 0 Å². The summed E-state index contributed by atoms with van der Waals surface area (Å²) in [6.45, 7) is 2.80. The molecule has 24 heavy (non-hydrogen) atoms. The van der Waals surface area contributed by atoms with Gasteiger partial charge in [0.2, 0.25) is 11.8 Å². The van der Waals surface area contributed by atoms with E-state index in [0.29, 0.717) is 31.5 Å². The van der Waals surface area contributed by atoms with Crippen molar-refractivity contribution in [1.82, 2.24) is 4.90 Å². The van der Waals surface area contributed by atoms with Crippen LogP contribution in [0.15, 0.2) is 24.3 Å². The van der Waals surface area contributed by atoms with Crippen molar-refractivity contribution in [3.05, 3.63) is 35.4 Å². The van der Waals surface area contributed by atoms with Gasteiger partial charge in [-0.1, -0.05) is 19.1 Å². The summed E-state index contributed by atoms with van der Waals surface area (Å²) in [5, 5.41) is 0. The van der Waals surface area contributed by atoms with Gasteiger partial charge in [-0.3, -0.25) is 9.59 Å². The van der Waals surface area contributed by atoms with Crippen molar-refractivity contribution in [2.24, 2.45) is 11.7 Å². The minimum Gasteiger partial charge on any atom is -0.369 e. The number of piperidine rings is 1. The smallest absolute Gasteiger partial charge is 0.369 e. The third-order valence-corrected chi connectivity index (χ3v) is 4.54. The number of carbonyl (C=O) groups is 2. The van der Waals surface area contributed by atoms with Gasteiger partial charge < -0.3 is 10.6 Å². The molecule has 1 fully saturated rings. The van der Waals surface area contributed by atoms with E-state index in [1.54, 1.807) is 4.90 Å². The van der Waals surface area contributed by atoms with E-state index in [0.717, 1.165) is 12.1 Å². The number of hydrogen-bond donors (Lipinski definition) is 1. The summed E-state index contributed by atoms with van der Waals surface area (Å²) < 4.78 is 37.7. The standard InChI is InChI=1S/C17H21F3N2O2/c1-11(12-2-4-14(5-3-12)17(18,19)20)10-15(23)22-8-6-13(7-9-22)16(21)24/h2-5,11,13H,6-10H2,1H3,(H2,21,24)/t11-/m0/s1.